The maximum Gasteiger partial charge on any atom is 0.306 e. The van der Waals surface area contributed by atoms with E-state index in [4.69, 9.17) is 18.9 Å². The molecule has 0 aromatic heterocycles. The van der Waals surface area contributed by atoms with E-state index in [1.54, 1.807) is 0 Å². The molecule has 0 spiro atoms. The quantitative estimate of drug-likeness (QED) is 0.0264. The summed E-state index contributed by atoms with van der Waals surface area (Å²) in [6, 6.07) is 0. The van der Waals surface area contributed by atoms with Gasteiger partial charge in [0, 0.05) is 12.8 Å². The zero-order valence-corrected chi connectivity index (χ0v) is 42.3. The molecule has 1 rings (SSSR count). The van der Waals surface area contributed by atoms with Gasteiger partial charge in [0.1, 0.15) is 31.0 Å². The number of aliphatic hydroxyl groups is 4. The molecule has 0 aromatic rings. The van der Waals surface area contributed by atoms with E-state index >= 15 is 0 Å². The first-order chi connectivity index (χ1) is 31.8. The van der Waals surface area contributed by atoms with Crippen LogP contribution in [0.1, 0.15) is 271 Å². The molecular weight excluding hydrogens is 821 g/mol. The molecule has 0 saturated carbocycles. The molecule has 4 N–H and O–H groups in total. The van der Waals surface area contributed by atoms with E-state index in [1.165, 1.54) is 193 Å². The molecule has 6 unspecified atom stereocenters. The lowest BCUT2D eigenvalue weighted by atomic mass is 9.99. The van der Waals surface area contributed by atoms with Crippen LogP contribution in [0.2, 0.25) is 0 Å². The van der Waals surface area contributed by atoms with Crippen LogP contribution < -0.4 is 0 Å². The maximum absolute atomic E-state index is 12.8. The molecule has 1 fully saturated rings. The highest BCUT2D eigenvalue weighted by molar-refractivity contribution is 5.70. The number of esters is 2. The summed E-state index contributed by atoms with van der Waals surface area (Å²) in [5.41, 5.74) is 0. The van der Waals surface area contributed by atoms with Crippen LogP contribution >= 0.6 is 0 Å². The Morgan fingerprint density at radius 1 is 0.462 bits per heavy atom. The Bertz CT molecular complexity index is 1070. The lowest BCUT2D eigenvalue weighted by Crippen LogP contribution is -2.59. The number of carbonyl (C=O) groups is 2. The third-order valence-electron chi connectivity index (χ3n) is 13.2. The van der Waals surface area contributed by atoms with Gasteiger partial charge >= 0.3 is 11.9 Å². The molecular formula is C55H104O10. The molecule has 10 heteroatoms. The summed E-state index contributed by atoms with van der Waals surface area (Å²) in [5.74, 6) is -0.794. The smallest absolute Gasteiger partial charge is 0.306 e. The van der Waals surface area contributed by atoms with Crippen molar-refractivity contribution in [1.29, 1.82) is 0 Å². The molecule has 0 aliphatic carbocycles. The second kappa shape index (κ2) is 46.2. The van der Waals surface area contributed by atoms with E-state index in [0.717, 1.165) is 44.9 Å². The fourth-order valence-corrected chi connectivity index (χ4v) is 8.77. The van der Waals surface area contributed by atoms with Crippen molar-refractivity contribution in [3.05, 3.63) is 12.2 Å². The van der Waals surface area contributed by atoms with Crippen molar-refractivity contribution in [1.82, 2.24) is 0 Å². The summed E-state index contributed by atoms with van der Waals surface area (Å²) < 4.78 is 22.3. The molecule has 1 aliphatic heterocycles. The molecule has 1 aliphatic rings. The highest BCUT2D eigenvalue weighted by Gasteiger charge is 2.44. The summed E-state index contributed by atoms with van der Waals surface area (Å²) in [6.45, 7) is 3.47. The van der Waals surface area contributed by atoms with Gasteiger partial charge in [0.25, 0.3) is 0 Å². The van der Waals surface area contributed by atoms with Gasteiger partial charge in [-0.15, -0.1) is 0 Å². The molecule has 1 saturated heterocycles. The summed E-state index contributed by atoms with van der Waals surface area (Å²) in [6.07, 6.45) is 45.1. The Balaban J connectivity index is 2.21. The number of rotatable bonds is 48. The van der Waals surface area contributed by atoms with Crippen LogP contribution in [0.5, 0.6) is 0 Å². The van der Waals surface area contributed by atoms with Gasteiger partial charge in [0.2, 0.25) is 0 Å². The van der Waals surface area contributed by atoms with Crippen LogP contribution in [-0.2, 0) is 28.5 Å². The zero-order valence-electron chi connectivity index (χ0n) is 42.3. The Kier molecular flexibility index (Phi) is 43.7. The molecule has 0 amide bonds. The van der Waals surface area contributed by atoms with Gasteiger partial charge in [-0.25, -0.2) is 0 Å². The first-order valence-corrected chi connectivity index (χ1v) is 27.8. The molecule has 0 aromatic carbocycles. The van der Waals surface area contributed by atoms with Crippen LogP contribution in [-0.4, -0.2) is 89.0 Å². The number of ether oxygens (including phenoxy) is 4. The van der Waals surface area contributed by atoms with Crippen LogP contribution in [0.15, 0.2) is 12.2 Å². The lowest BCUT2D eigenvalue weighted by molar-refractivity contribution is -0.305. The Morgan fingerprint density at radius 2 is 0.815 bits per heavy atom. The standard InChI is InChI=1S/C55H104O10/c1-3-5-7-9-11-13-15-17-19-21-23-24-25-26-28-29-31-33-35-37-39-41-43-50(57)62-46-48(47-63-55-54(61)53(60)52(59)49(45-56)65-55)64-51(58)44-42-40-38-36-34-32-30-27-22-20-18-16-14-12-10-8-6-4-2/h20,22,48-49,52-56,59-61H,3-19,21,23-47H2,1-2H3/b22-20-. The number of aliphatic hydroxyl groups excluding tert-OH is 4. The summed E-state index contributed by atoms with van der Waals surface area (Å²) in [5, 5.41) is 40.3. The van der Waals surface area contributed by atoms with Gasteiger partial charge in [-0.2, -0.15) is 0 Å². The highest BCUT2D eigenvalue weighted by Crippen LogP contribution is 2.23. The van der Waals surface area contributed by atoms with Crippen molar-refractivity contribution in [2.24, 2.45) is 0 Å². The minimum Gasteiger partial charge on any atom is -0.462 e. The fraction of sp³-hybridized carbons (Fsp3) is 0.927. The largest absolute Gasteiger partial charge is 0.462 e. The summed E-state index contributed by atoms with van der Waals surface area (Å²) in [4.78, 5) is 25.5. The second-order valence-corrected chi connectivity index (χ2v) is 19.4. The maximum atomic E-state index is 12.8. The normalized spacial score (nSPS) is 19.3. The zero-order chi connectivity index (χ0) is 47.3. The van der Waals surface area contributed by atoms with Crippen molar-refractivity contribution >= 4 is 11.9 Å². The van der Waals surface area contributed by atoms with Gasteiger partial charge in [0.05, 0.1) is 13.2 Å². The minimum atomic E-state index is -1.59. The summed E-state index contributed by atoms with van der Waals surface area (Å²) >= 11 is 0. The third-order valence-corrected chi connectivity index (χ3v) is 13.2. The molecule has 1 heterocycles. The van der Waals surface area contributed by atoms with E-state index in [0.29, 0.717) is 6.42 Å². The van der Waals surface area contributed by atoms with Crippen molar-refractivity contribution in [2.75, 3.05) is 19.8 Å². The summed E-state index contributed by atoms with van der Waals surface area (Å²) in [7, 11) is 0. The first kappa shape index (κ1) is 61.5. The fourth-order valence-electron chi connectivity index (χ4n) is 8.77. The van der Waals surface area contributed by atoms with Gasteiger partial charge < -0.3 is 39.4 Å². The second-order valence-electron chi connectivity index (χ2n) is 19.4. The predicted molar refractivity (Wildman–Crippen MR) is 266 cm³/mol. The van der Waals surface area contributed by atoms with Crippen molar-refractivity contribution in [2.45, 2.75) is 307 Å². The van der Waals surface area contributed by atoms with Crippen molar-refractivity contribution in [3.63, 3.8) is 0 Å². The Labute approximate surface area is 399 Å². The van der Waals surface area contributed by atoms with Crippen molar-refractivity contribution < 1.29 is 49.0 Å². The van der Waals surface area contributed by atoms with Crippen LogP contribution in [0.25, 0.3) is 0 Å². The Morgan fingerprint density at radius 3 is 1.20 bits per heavy atom. The number of hydrogen-bond donors (Lipinski definition) is 4. The van der Waals surface area contributed by atoms with Crippen LogP contribution in [0.3, 0.4) is 0 Å². The van der Waals surface area contributed by atoms with E-state index in [9.17, 15) is 30.0 Å². The topological polar surface area (TPSA) is 152 Å². The van der Waals surface area contributed by atoms with E-state index in [-0.39, 0.29) is 32.0 Å². The average Bonchev–Trinajstić information content (AvgIpc) is 3.30. The highest BCUT2D eigenvalue weighted by atomic mass is 16.7. The monoisotopic (exact) mass is 925 g/mol. The number of unbranched alkanes of at least 4 members (excludes halogenated alkanes) is 35. The number of allylic oxidation sites excluding steroid dienone is 2. The average molecular weight is 925 g/mol. The predicted octanol–water partition coefficient (Wildman–Crippen LogP) is 13.5. The molecule has 6 atom stereocenters. The molecule has 65 heavy (non-hydrogen) atoms. The first-order valence-electron chi connectivity index (χ1n) is 27.8. The van der Waals surface area contributed by atoms with Crippen LogP contribution in [0.4, 0.5) is 0 Å². The minimum absolute atomic E-state index is 0.213. The van der Waals surface area contributed by atoms with Gasteiger partial charge in [0.15, 0.2) is 12.4 Å². The SMILES string of the molecule is CCCCCCCCC/C=C\CCCCCCCCCC(=O)OC(COC(=O)CCCCCCCCCCCCCCCCCCCCCCCC)COC1OC(CO)C(O)C(O)C1O. The third kappa shape index (κ3) is 37.1. The number of carbonyl (C=O) groups excluding carboxylic acids is 2. The van der Waals surface area contributed by atoms with E-state index < -0.39 is 49.4 Å². The molecule has 0 bridgehead atoms. The van der Waals surface area contributed by atoms with Gasteiger partial charge in [-0.3, -0.25) is 9.59 Å². The number of hydrogen-bond acceptors (Lipinski definition) is 10. The van der Waals surface area contributed by atoms with Gasteiger partial charge in [-0.05, 0) is 38.5 Å². The van der Waals surface area contributed by atoms with E-state index in [2.05, 4.69) is 26.0 Å². The lowest BCUT2D eigenvalue weighted by Gasteiger charge is -2.39. The molecule has 10 nitrogen and oxygen atoms in total. The van der Waals surface area contributed by atoms with Crippen LogP contribution in [0, 0.1) is 0 Å². The van der Waals surface area contributed by atoms with Gasteiger partial charge in [-0.1, -0.05) is 231 Å². The van der Waals surface area contributed by atoms with Crippen molar-refractivity contribution in [3.8, 4) is 0 Å². The molecule has 0 radical (unpaired) electrons. The Hall–Kier alpha value is -1.56. The molecule has 384 valence electrons. The van der Waals surface area contributed by atoms with E-state index in [1.807, 2.05) is 0 Å².